The Morgan fingerprint density at radius 1 is 1.50 bits per heavy atom. The number of hydrogen-bond donors (Lipinski definition) is 0. The van der Waals surface area contributed by atoms with Crippen molar-refractivity contribution in [3.8, 4) is 0 Å². The number of likely N-dealkylation sites (N-methyl/N-ethyl adjacent to an activating group) is 2. The van der Waals surface area contributed by atoms with Gasteiger partial charge >= 0.3 is 0 Å². The van der Waals surface area contributed by atoms with E-state index < -0.39 is 0 Å². The van der Waals surface area contributed by atoms with Crippen molar-refractivity contribution in [1.82, 2.24) is 14.9 Å². The van der Waals surface area contributed by atoms with Gasteiger partial charge in [0.25, 0.3) is 0 Å². The highest BCUT2D eigenvalue weighted by molar-refractivity contribution is 5.80. The zero-order valence-corrected chi connectivity index (χ0v) is 11.3. The van der Waals surface area contributed by atoms with Crippen molar-refractivity contribution in [1.29, 1.82) is 0 Å². The summed E-state index contributed by atoms with van der Waals surface area (Å²) in [5.74, 6) is 1.27. The van der Waals surface area contributed by atoms with E-state index in [2.05, 4.69) is 21.9 Å². The summed E-state index contributed by atoms with van der Waals surface area (Å²) in [6.07, 6.45) is 4.95. The van der Waals surface area contributed by atoms with Gasteiger partial charge in [-0.05, 0) is 32.5 Å². The van der Waals surface area contributed by atoms with Gasteiger partial charge in [0.1, 0.15) is 5.78 Å². The molecule has 1 aliphatic heterocycles. The summed E-state index contributed by atoms with van der Waals surface area (Å²) >= 11 is 0. The molecule has 0 spiro atoms. The molecule has 0 bridgehead atoms. The van der Waals surface area contributed by atoms with Crippen LogP contribution in [0.3, 0.4) is 0 Å². The second-order valence-corrected chi connectivity index (χ2v) is 5.12. The fraction of sp³-hybridized carbons (Fsp3) is 0.615. The summed E-state index contributed by atoms with van der Waals surface area (Å²) in [4.78, 5) is 23.8. The zero-order chi connectivity index (χ0) is 13.1. The van der Waals surface area contributed by atoms with Crippen molar-refractivity contribution in [3.63, 3.8) is 0 Å². The molecule has 0 amide bonds. The number of carbonyl (C=O) groups excluding carboxylic acids is 1. The largest absolute Gasteiger partial charge is 0.337 e. The maximum Gasteiger partial charge on any atom is 0.225 e. The number of anilines is 1. The lowest BCUT2D eigenvalue weighted by Gasteiger charge is -2.16. The SMILES string of the molecule is CC(=O)CN(C)c1ncc(C2CCN(C)C2)cn1. The molecule has 1 aliphatic rings. The minimum Gasteiger partial charge on any atom is -0.337 e. The molecule has 2 rings (SSSR count). The molecule has 5 nitrogen and oxygen atoms in total. The minimum absolute atomic E-state index is 0.114. The lowest BCUT2D eigenvalue weighted by atomic mass is 10.0. The maximum atomic E-state index is 11.0. The number of likely N-dealkylation sites (tertiary alicyclic amines) is 1. The first-order chi connectivity index (χ1) is 8.56. The third-order valence-corrected chi connectivity index (χ3v) is 3.32. The normalized spacial score (nSPS) is 20.1. The Morgan fingerprint density at radius 2 is 2.17 bits per heavy atom. The van der Waals surface area contributed by atoms with Crippen LogP contribution in [0.1, 0.15) is 24.8 Å². The number of rotatable bonds is 4. The molecule has 0 aromatic carbocycles. The molecule has 5 heteroatoms. The first kappa shape index (κ1) is 13.0. The topological polar surface area (TPSA) is 49.3 Å². The summed E-state index contributed by atoms with van der Waals surface area (Å²) in [6, 6.07) is 0. The summed E-state index contributed by atoms with van der Waals surface area (Å²) in [7, 11) is 3.97. The molecule has 1 fully saturated rings. The van der Waals surface area contributed by atoms with Gasteiger partial charge in [-0.1, -0.05) is 0 Å². The lowest BCUT2D eigenvalue weighted by Crippen LogP contribution is -2.25. The fourth-order valence-corrected chi connectivity index (χ4v) is 2.35. The quantitative estimate of drug-likeness (QED) is 0.793. The van der Waals surface area contributed by atoms with E-state index in [1.807, 2.05) is 19.4 Å². The Bertz CT molecular complexity index is 418. The van der Waals surface area contributed by atoms with Gasteiger partial charge in [-0.15, -0.1) is 0 Å². The number of ketones is 1. The smallest absolute Gasteiger partial charge is 0.225 e. The molecule has 1 unspecified atom stereocenters. The molecule has 0 radical (unpaired) electrons. The first-order valence-corrected chi connectivity index (χ1v) is 6.27. The van der Waals surface area contributed by atoms with Crippen molar-refractivity contribution < 1.29 is 4.79 Å². The highest BCUT2D eigenvalue weighted by atomic mass is 16.1. The number of hydrogen-bond acceptors (Lipinski definition) is 5. The Morgan fingerprint density at radius 3 is 2.67 bits per heavy atom. The van der Waals surface area contributed by atoms with Gasteiger partial charge < -0.3 is 9.80 Å². The Labute approximate surface area is 108 Å². The molecular formula is C13H20N4O. The van der Waals surface area contributed by atoms with E-state index in [0.29, 0.717) is 18.4 Å². The number of nitrogens with zero attached hydrogens (tertiary/aromatic N) is 4. The molecule has 1 aromatic rings. The van der Waals surface area contributed by atoms with Crippen LogP contribution < -0.4 is 4.90 Å². The average molecular weight is 248 g/mol. The lowest BCUT2D eigenvalue weighted by molar-refractivity contribution is -0.115. The Hall–Kier alpha value is -1.49. The first-order valence-electron chi connectivity index (χ1n) is 6.27. The van der Waals surface area contributed by atoms with Gasteiger partial charge in [0.15, 0.2) is 0 Å². The van der Waals surface area contributed by atoms with Crippen LogP contribution >= 0.6 is 0 Å². The van der Waals surface area contributed by atoms with Crippen molar-refractivity contribution in [2.24, 2.45) is 0 Å². The second-order valence-electron chi connectivity index (χ2n) is 5.12. The monoisotopic (exact) mass is 248 g/mol. The Balaban J connectivity index is 2.03. The third kappa shape index (κ3) is 3.04. The van der Waals surface area contributed by atoms with Crippen LogP contribution in [0.25, 0.3) is 0 Å². The minimum atomic E-state index is 0.114. The highest BCUT2D eigenvalue weighted by Gasteiger charge is 2.21. The molecule has 1 aromatic heterocycles. The van der Waals surface area contributed by atoms with Crippen LogP contribution in [0.2, 0.25) is 0 Å². The molecule has 1 atom stereocenters. The van der Waals surface area contributed by atoms with E-state index in [9.17, 15) is 4.79 Å². The number of Topliss-reactive ketones (excluding diaryl/α,β-unsaturated/α-hetero) is 1. The fourth-order valence-electron chi connectivity index (χ4n) is 2.35. The summed E-state index contributed by atoms with van der Waals surface area (Å²) in [6.45, 7) is 4.13. The second kappa shape index (κ2) is 5.44. The number of carbonyl (C=O) groups is 1. The molecule has 18 heavy (non-hydrogen) atoms. The van der Waals surface area contributed by atoms with Crippen LogP contribution in [0.4, 0.5) is 5.95 Å². The van der Waals surface area contributed by atoms with Gasteiger partial charge in [0.05, 0.1) is 6.54 Å². The van der Waals surface area contributed by atoms with Gasteiger partial charge in [0, 0.05) is 31.9 Å². The average Bonchev–Trinajstić information content (AvgIpc) is 2.75. The van der Waals surface area contributed by atoms with E-state index in [1.54, 1.807) is 11.8 Å². The molecule has 0 N–H and O–H groups in total. The third-order valence-electron chi connectivity index (χ3n) is 3.32. The molecule has 0 saturated carbocycles. The van der Waals surface area contributed by atoms with Gasteiger partial charge in [-0.25, -0.2) is 9.97 Å². The highest BCUT2D eigenvalue weighted by Crippen LogP contribution is 2.25. The van der Waals surface area contributed by atoms with Gasteiger partial charge in [-0.3, -0.25) is 4.79 Å². The molecule has 2 heterocycles. The Kier molecular flexibility index (Phi) is 3.91. The van der Waals surface area contributed by atoms with Crippen LogP contribution in [-0.4, -0.2) is 54.4 Å². The molecule has 1 saturated heterocycles. The van der Waals surface area contributed by atoms with Crippen molar-refractivity contribution in [2.45, 2.75) is 19.3 Å². The van der Waals surface area contributed by atoms with Gasteiger partial charge in [0.2, 0.25) is 5.95 Å². The summed E-state index contributed by atoms with van der Waals surface area (Å²) in [5, 5.41) is 0. The predicted molar refractivity (Wildman–Crippen MR) is 70.8 cm³/mol. The number of aromatic nitrogens is 2. The summed E-state index contributed by atoms with van der Waals surface area (Å²) < 4.78 is 0. The molecule has 98 valence electrons. The van der Waals surface area contributed by atoms with Crippen LogP contribution in [0.15, 0.2) is 12.4 Å². The van der Waals surface area contributed by atoms with Crippen molar-refractivity contribution in [3.05, 3.63) is 18.0 Å². The van der Waals surface area contributed by atoms with E-state index in [4.69, 9.17) is 0 Å². The van der Waals surface area contributed by atoms with Crippen molar-refractivity contribution in [2.75, 3.05) is 38.6 Å². The van der Waals surface area contributed by atoms with E-state index in [0.717, 1.165) is 13.1 Å². The van der Waals surface area contributed by atoms with Crippen LogP contribution in [0, 0.1) is 0 Å². The zero-order valence-electron chi connectivity index (χ0n) is 11.3. The maximum absolute atomic E-state index is 11.0. The standard InChI is InChI=1S/C13H20N4O/c1-10(18)8-17(3)13-14-6-12(7-15-13)11-4-5-16(2)9-11/h6-7,11H,4-5,8-9H2,1-3H3. The predicted octanol–water partition coefficient (Wildman–Crippen LogP) is 0.921. The van der Waals surface area contributed by atoms with Crippen LogP contribution in [0.5, 0.6) is 0 Å². The van der Waals surface area contributed by atoms with Crippen molar-refractivity contribution >= 4 is 11.7 Å². The van der Waals surface area contributed by atoms with E-state index in [-0.39, 0.29) is 5.78 Å². The van der Waals surface area contributed by atoms with Gasteiger partial charge in [-0.2, -0.15) is 0 Å². The molecule has 0 aliphatic carbocycles. The van der Waals surface area contributed by atoms with E-state index >= 15 is 0 Å². The summed E-state index contributed by atoms with van der Waals surface area (Å²) in [5.41, 5.74) is 1.19. The molecular weight excluding hydrogens is 228 g/mol. The van der Waals surface area contributed by atoms with Crippen LogP contribution in [-0.2, 0) is 4.79 Å². The van der Waals surface area contributed by atoms with E-state index in [1.165, 1.54) is 12.0 Å².